The molecule has 0 atom stereocenters. The van der Waals surface area contributed by atoms with Gasteiger partial charge in [0, 0.05) is 18.3 Å². The Balaban J connectivity index is 1.52. The van der Waals surface area contributed by atoms with Gasteiger partial charge in [-0.3, -0.25) is 9.10 Å². The van der Waals surface area contributed by atoms with Crippen molar-refractivity contribution in [2.24, 2.45) is 0 Å². The van der Waals surface area contributed by atoms with E-state index in [1.165, 1.54) is 22.9 Å². The van der Waals surface area contributed by atoms with E-state index in [4.69, 9.17) is 8.94 Å². The van der Waals surface area contributed by atoms with Gasteiger partial charge in [-0.1, -0.05) is 5.16 Å². The first-order chi connectivity index (χ1) is 12.4. The van der Waals surface area contributed by atoms with Gasteiger partial charge in [0.05, 0.1) is 18.2 Å². The minimum Gasteiger partial charge on any atom is -0.461 e. The molecule has 0 saturated heterocycles. The molecule has 2 aromatic heterocycles. The zero-order valence-electron chi connectivity index (χ0n) is 13.8. The second kappa shape index (κ2) is 6.03. The van der Waals surface area contributed by atoms with Crippen LogP contribution in [0.25, 0.3) is 11.5 Å². The minimum atomic E-state index is -3.30. The number of amides is 1. The van der Waals surface area contributed by atoms with Gasteiger partial charge in [0.1, 0.15) is 0 Å². The fraction of sp³-hybridized carbons (Fsp3) is 0.176. The van der Waals surface area contributed by atoms with Gasteiger partial charge < -0.3 is 14.3 Å². The number of nitrogens with one attached hydrogen (secondary N) is 1. The van der Waals surface area contributed by atoms with Crippen molar-refractivity contribution in [2.45, 2.75) is 6.42 Å². The van der Waals surface area contributed by atoms with E-state index in [2.05, 4.69) is 10.5 Å². The van der Waals surface area contributed by atoms with Crippen LogP contribution in [0.5, 0.6) is 0 Å². The quantitative estimate of drug-likeness (QED) is 0.753. The number of rotatable bonds is 4. The molecule has 134 valence electrons. The highest BCUT2D eigenvalue weighted by Crippen LogP contribution is 2.32. The largest absolute Gasteiger partial charge is 0.461 e. The monoisotopic (exact) mass is 373 g/mol. The highest BCUT2D eigenvalue weighted by atomic mass is 32.2. The molecular weight excluding hydrogens is 358 g/mol. The maximum absolute atomic E-state index is 12.4. The summed E-state index contributed by atoms with van der Waals surface area (Å²) in [6.07, 6.45) is 3.28. The second-order valence-corrected chi connectivity index (χ2v) is 7.84. The molecule has 3 aromatic rings. The lowest BCUT2D eigenvalue weighted by atomic mass is 10.1. The maximum Gasteiger partial charge on any atom is 0.277 e. The van der Waals surface area contributed by atoms with Gasteiger partial charge in [-0.25, -0.2) is 8.42 Å². The van der Waals surface area contributed by atoms with E-state index in [9.17, 15) is 13.2 Å². The molecule has 0 bridgehead atoms. The predicted molar refractivity (Wildman–Crippen MR) is 94.5 cm³/mol. The molecular formula is C17H15N3O5S. The lowest BCUT2D eigenvalue weighted by Gasteiger charge is -2.16. The third-order valence-electron chi connectivity index (χ3n) is 4.10. The summed E-state index contributed by atoms with van der Waals surface area (Å²) >= 11 is 0. The van der Waals surface area contributed by atoms with Crippen LogP contribution in [0.3, 0.4) is 0 Å². The maximum atomic E-state index is 12.4. The molecule has 8 nitrogen and oxygen atoms in total. The van der Waals surface area contributed by atoms with Crippen LogP contribution in [-0.4, -0.2) is 32.3 Å². The summed E-state index contributed by atoms with van der Waals surface area (Å²) < 4.78 is 35.2. The van der Waals surface area contributed by atoms with Crippen LogP contribution < -0.4 is 9.62 Å². The number of fused-ring (bicyclic) bond motifs is 1. The lowest BCUT2D eigenvalue weighted by molar-refractivity contribution is 0.101. The molecule has 1 aliphatic heterocycles. The molecule has 1 aliphatic rings. The number of hydrogen-bond acceptors (Lipinski definition) is 6. The number of sulfonamides is 1. The van der Waals surface area contributed by atoms with Crippen molar-refractivity contribution in [3.63, 3.8) is 0 Å². The number of benzene rings is 1. The Labute approximate surface area is 149 Å². The van der Waals surface area contributed by atoms with E-state index >= 15 is 0 Å². The third-order valence-corrected chi connectivity index (χ3v) is 5.28. The van der Waals surface area contributed by atoms with E-state index < -0.39 is 15.9 Å². The highest BCUT2D eigenvalue weighted by molar-refractivity contribution is 7.92. The Bertz CT molecular complexity index is 1070. The fourth-order valence-corrected chi connectivity index (χ4v) is 3.86. The summed E-state index contributed by atoms with van der Waals surface area (Å²) in [6, 6.07) is 10.0. The average Bonchev–Trinajstić information content (AvgIpc) is 3.32. The molecule has 0 saturated carbocycles. The summed E-state index contributed by atoms with van der Waals surface area (Å²) in [5.41, 5.74) is 2.19. The van der Waals surface area contributed by atoms with Crippen molar-refractivity contribution in [3.8, 4) is 11.5 Å². The summed E-state index contributed by atoms with van der Waals surface area (Å²) in [5, 5.41) is 6.49. The molecule has 4 rings (SSSR count). The average molecular weight is 373 g/mol. The van der Waals surface area contributed by atoms with E-state index in [0.717, 1.165) is 5.56 Å². The van der Waals surface area contributed by atoms with E-state index in [1.807, 2.05) is 0 Å². The number of carbonyl (C=O) groups excluding carboxylic acids is 1. The molecule has 0 radical (unpaired) electrons. The van der Waals surface area contributed by atoms with E-state index in [-0.39, 0.29) is 5.69 Å². The Hall–Kier alpha value is -3.07. The van der Waals surface area contributed by atoms with Crippen LogP contribution in [0.2, 0.25) is 0 Å². The van der Waals surface area contributed by atoms with Gasteiger partial charge >= 0.3 is 0 Å². The van der Waals surface area contributed by atoms with Crippen molar-refractivity contribution in [3.05, 3.63) is 53.9 Å². The molecule has 0 fully saturated rings. The third kappa shape index (κ3) is 2.97. The van der Waals surface area contributed by atoms with E-state index in [0.29, 0.717) is 35.9 Å². The SMILES string of the molecule is CS(=O)(=O)N1CCc2cc(NC(=O)c3cc(-c4ccco4)on3)ccc21. The molecule has 26 heavy (non-hydrogen) atoms. The van der Waals surface area contributed by atoms with Crippen LogP contribution >= 0.6 is 0 Å². The summed E-state index contributed by atoms with van der Waals surface area (Å²) in [4.78, 5) is 12.4. The topological polar surface area (TPSA) is 106 Å². The van der Waals surface area contributed by atoms with E-state index in [1.54, 1.807) is 30.3 Å². The molecule has 3 heterocycles. The van der Waals surface area contributed by atoms with Crippen LogP contribution in [0, 0.1) is 0 Å². The van der Waals surface area contributed by atoms with Gasteiger partial charge in [-0.05, 0) is 42.3 Å². The van der Waals surface area contributed by atoms with Crippen molar-refractivity contribution in [1.82, 2.24) is 5.16 Å². The minimum absolute atomic E-state index is 0.120. The van der Waals surface area contributed by atoms with Crippen molar-refractivity contribution in [2.75, 3.05) is 22.4 Å². The molecule has 1 N–H and O–H groups in total. The first-order valence-corrected chi connectivity index (χ1v) is 9.69. The van der Waals surface area contributed by atoms with Gasteiger partial charge in [-0.15, -0.1) is 0 Å². The second-order valence-electron chi connectivity index (χ2n) is 5.94. The molecule has 9 heteroatoms. The summed E-state index contributed by atoms with van der Waals surface area (Å²) in [7, 11) is -3.30. The van der Waals surface area contributed by atoms with Crippen molar-refractivity contribution in [1.29, 1.82) is 0 Å². The Morgan fingerprint density at radius 1 is 1.23 bits per heavy atom. The Morgan fingerprint density at radius 3 is 2.81 bits per heavy atom. The Kier molecular flexibility index (Phi) is 3.80. The first-order valence-electron chi connectivity index (χ1n) is 7.84. The van der Waals surface area contributed by atoms with Crippen LogP contribution in [0.15, 0.2) is 51.6 Å². The number of furan rings is 1. The zero-order chi connectivity index (χ0) is 18.3. The van der Waals surface area contributed by atoms with Crippen LogP contribution in [-0.2, 0) is 16.4 Å². The summed E-state index contributed by atoms with van der Waals surface area (Å²) in [6.45, 7) is 0.404. The molecule has 1 amide bonds. The number of aromatic nitrogens is 1. The van der Waals surface area contributed by atoms with Gasteiger partial charge in [0.15, 0.2) is 11.5 Å². The van der Waals surface area contributed by atoms with Crippen molar-refractivity contribution >= 4 is 27.3 Å². The molecule has 0 spiro atoms. The standard InChI is InChI=1S/C17H15N3O5S/c1-26(22,23)20-7-6-11-9-12(4-5-14(11)20)18-17(21)13-10-16(25-19-13)15-3-2-8-24-15/h2-5,8-10H,6-7H2,1H3,(H,18,21). The highest BCUT2D eigenvalue weighted by Gasteiger charge is 2.26. The number of anilines is 2. The molecule has 0 aliphatic carbocycles. The normalized spacial score (nSPS) is 13.7. The smallest absolute Gasteiger partial charge is 0.277 e. The number of nitrogens with zero attached hydrogens (tertiary/aromatic N) is 2. The molecule has 0 unspecified atom stereocenters. The van der Waals surface area contributed by atoms with Gasteiger partial charge in [0.2, 0.25) is 15.8 Å². The lowest BCUT2D eigenvalue weighted by Crippen LogP contribution is -2.27. The summed E-state index contributed by atoms with van der Waals surface area (Å²) in [5.74, 6) is 0.414. The fourth-order valence-electron chi connectivity index (χ4n) is 2.91. The number of hydrogen-bond donors (Lipinski definition) is 1. The predicted octanol–water partition coefficient (Wildman–Crippen LogP) is 2.51. The van der Waals surface area contributed by atoms with Crippen LogP contribution in [0.4, 0.5) is 11.4 Å². The van der Waals surface area contributed by atoms with Crippen LogP contribution in [0.1, 0.15) is 16.1 Å². The van der Waals surface area contributed by atoms with Crippen molar-refractivity contribution < 1.29 is 22.2 Å². The molecule has 1 aromatic carbocycles. The van der Waals surface area contributed by atoms with Gasteiger partial charge in [0.25, 0.3) is 5.91 Å². The first kappa shape index (κ1) is 16.4. The number of carbonyl (C=O) groups is 1. The zero-order valence-corrected chi connectivity index (χ0v) is 14.6. The van der Waals surface area contributed by atoms with Gasteiger partial charge in [-0.2, -0.15) is 0 Å². The Morgan fingerprint density at radius 2 is 2.08 bits per heavy atom.